The van der Waals surface area contributed by atoms with E-state index in [9.17, 15) is 9.59 Å². The van der Waals surface area contributed by atoms with Crippen LogP contribution in [0.3, 0.4) is 0 Å². The molecule has 1 atom stereocenters. The summed E-state index contributed by atoms with van der Waals surface area (Å²) in [4.78, 5) is 29.4. The van der Waals surface area contributed by atoms with Crippen LogP contribution >= 0.6 is 0 Å². The van der Waals surface area contributed by atoms with Gasteiger partial charge < -0.3 is 21.1 Å². The molecule has 1 unspecified atom stereocenters. The summed E-state index contributed by atoms with van der Waals surface area (Å²) < 4.78 is 0. The van der Waals surface area contributed by atoms with Crippen molar-refractivity contribution in [1.82, 2.24) is 9.97 Å². The van der Waals surface area contributed by atoms with E-state index in [1.165, 1.54) is 0 Å². The molecule has 0 bridgehead atoms. The number of hydrogen-bond donors (Lipinski definition) is 4. The lowest BCUT2D eigenvalue weighted by Gasteiger charge is -2.10. The van der Waals surface area contributed by atoms with E-state index in [1.807, 2.05) is 6.92 Å². The smallest absolute Gasteiger partial charge is 0.305 e. The summed E-state index contributed by atoms with van der Waals surface area (Å²) in [7, 11) is 0. The normalized spacial score (nSPS) is 12.3. The molecule has 1 aromatic heterocycles. The highest BCUT2D eigenvalue weighted by Gasteiger charge is 2.17. The Bertz CT molecular complexity index is 635. The van der Waals surface area contributed by atoms with Crippen LogP contribution in [0.25, 0.3) is 11.0 Å². The van der Waals surface area contributed by atoms with Crippen molar-refractivity contribution in [2.45, 2.75) is 19.4 Å². The van der Waals surface area contributed by atoms with Crippen LogP contribution in [-0.2, 0) is 9.59 Å². The lowest BCUT2D eigenvalue weighted by molar-refractivity contribution is -0.138. The zero-order valence-electron chi connectivity index (χ0n) is 10.3. The number of carboxylic acids is 1. The van der Waals surface area contributed by atoms with Crippen molar-refractivity contribution in [2.24, 2.45) is 5.73 Å². The average molecular weight is 262 g/mol. The van der Waals surface area contributed by atoms with Crippen molar-refractivity contribution in [3.05, 3.63) is 24.0 Å². The average Bonchev–Trinajstić information content (AvgIpc) is 2.67. The second kappa shape index (κ2) is 5.07. The van der Waals surface area contributed by atoms with E-state index in [0.717, 1.165) is 16.9 Å². The molecule has 0 aliphatic rings. The third-order valence-corrected chi connectivity index (χ3v) is 2.60. The largest absolute Gasteiger partial charge is 0.481 e. The molecular weight excluding hydrogens is 248 g/mol. The summed E-state index contributed by atoms with van der Waals surface area (Å²) in [5.41, 5.74) is 7.60. The number of anilines is 1. The molecule has 2 aromatic rings. The molecule has 0 spiro atoms. The summed E-state index contributed by atoms with van der Waals surface area (Å²) in [6.45, 7) is 1.83. The van der Waals surface area contributed by atoms with Gasteiger partial charge >= 0.3 is 5.97 Å². The van der Waals surface area contributed by atoms with Gasteiger partial charge in [-0.25, -0.2) is 4.98 Å². The van der Waals surface area contributed by atoms with Gasteiger partial charge in [-0.05, 0) is 25.1 Å². The molecule has 5 N–H and O–H groups in total. The Labute approximate surface area is 108 Å². The maximum absolute atomic E-state index is 11.7. The van der Waals surface area contributed by atoms with Gasteiger partial charge in [0.1, 0.15) is 5.82 Å². The fraction of sp³-hybridized carbons (Fsp3) is 0.250. The van der Waals surface area contributed by atoms with Crippen LogP contribution in [0.2, 0.25) is 0 Å². The van der Waals surface area contributed by atoms with Crippen LogP contribution < -0.4 is 11.1 Å². The predicted molar refractivity (Wildman–Crippen MR) is 69.7 cm³/mol. The summed E-state index contributed by atoms with van der Waals surface area (Å²) >= 11 is 0. The number of carbonyl (C=O) groups is 2. The second-order valence-corrected chi connectivity index (χ2v) is 4.25. The minimum atomic E-state index is -1.11. The van der Waals surface area contributed by atoms with Crippen molar-refractivity contribution >= 4 is 28.6 Å². The Morgan fingerprint density at radius 1 is 1.53 bits per heavy atom. The molecule has 7 nitrogen and oxygen atoms in total. The molecule has 0 aliphatic carbocycles. The van der Waals surface area contributed by atoms with Crippen molar-refractivity contribution in [1.29, 1.82) is 0 Å². The number of imidazole rings is 1. The van der Waals surface area contributed by atoms with E-state index in [4.69, 9.17) is 10.8 Å². The summed E-state index contributed by atoms with van der Waals surface area (Å²) in [6.07, 6.45) is -0.406. The molecule has 7 heteroatoms. The van der Waals surface area contributed by atoms with Crippen LogP contribution in [0.15, 0.2) is 18.2 Å². The molecule has 1 amide bonds. The first kappa shape index (κ1) is 13.0. The van der Waals surface area contributed by atoms with E-state index in [1.54, 1.807) is 18.2 Å². The van der Waals surface area contributed by atoms with Gasteiger partial charge in [0, 0.05) is 5.69 Å². The zero-order chi connectivity index (χ0) is 14.0. The highest BCUT2D eigenvalue weighted by Crippen LogP contribution is 2.17. The molecule has 1 aromatic carbocycles. The maximum Gasteiger partial charge on any atom is 0.305 e. The zero-order valence-corrected chi connectivity index (χ0v) is 10.3. The lowest BCUT2D eigenvalue weighted by Crippen LogP contribution is -2.37. The fourth-order valence-corrected chi connectivity index (χ4v) is 1.73. The van der Waals surface area contributed by atoms with E-state index < -0.39 is 24.3 Å². The Morgan fingerprint density at radius 3 is 2.95 bits per heavy atom. The summed E-state index contributed by atoms with van der Waals surface area (Å²) in [6, 6.07) is 4.10. The number of fused-ring (bicyclic) bond motifs is 1. The number of aryl methyl sites for hydroxylation is 1. The van der Waals surface area contributed by atoms with Crippen molar-refractivity contribution in [3.8, 4) is 0 Å². The molecule has 100 valence electrons. The van der Waals surface area contributed by atoms with Gasteiger partial charge in [0.2, 0.25) is 5.91 Å². The quantitative estimate of drug-likeness (QED) is 0.643. The van der Waals surface area contributed by atoms with Gasteiger partial charge in [-0.2, -0.15) is 0 Å². The van der Waals surface area contributed by atoms with E-state index in [2.05, 4.69) is 15.3 Å². The maximum atomic E-state index is 11.7. The van der Waals surface area contributed by atoms with Crippen molar-refractivity contribution < 1.29 is 14.7 Å². The number of H-pyrrole nitrogens is 1. The Morgan fingerprint density at radius 2 is 2.26 bits per heavy atom. The molecule has 0 aliphatic heterocycles. The highest BCUT2D eigenvalue weighted by molar-refractivity contribution is 5.97. The SMILES string of the molecule is Cc1nc2ccc(NC(=O)C(N)CC(=O)O)cc2[nH]1. The van der Waals surface area contributed by atoms with Gasteiger partial charge in [0.05, 0.1) is 23.5 Å². The standard InChI is InChI=1S/C12H14N4O3/c1-6-14-9-3-2-7(4-10(9)15-6)16-12(19)8(13)5-11(17)18/h2-4,8H,5,13H2,1H3,(H,14,15)(H,16,19)(H,17,18). The number of carbonyl (C=O) groups excluding carboxylic acids is 1. The Balaban J connectivity index is 2.12. The number of rotatable bonds is 4. The van der Waals surface area contributed by atoms with Crippen LogP contribution in [-0.4, -0.2) is 33.0 Å². The van der Waals surface area contributed by atoms with Crippen LogP contribution in [0.5, 0.6) is 0 Å². The summed E-state index contributed by atoms with van der Waals surface area (Å²) in [5.74, 6) is -0.860. The number of hydrogen-bond acceptors (Lipinski definition) is 4. The number of nitrogens with two attached hydrogens (primary N) is 1. The number of aromatic nitrogens is 2. The highest BCUT2D eigenvalue weighted by atomic mass is 16.4. The third-order valence-electron chi connectivity index (χ3n) is 2.60. The minimum Gasteiger partial charge on any atom is -0.481 e. The summed E-state index contributed by atoms with van der Waals surface area (Å²) in [5, 5.41) is 11.1. The molecule has 19 heavy (non-hydrogen) atoms. The number of nitrogens with one attached hydrogen (secondary N) is 2. The van der Waals surface area contributed by atoms with Gasteiger partial charge in [-0.3, -0.25) is 9.59 Å². The van der Waals surface area contributed by atoms with E-state index >= 15 is 0 Å². The topological polar surface area (TPSA) is 121 Å². The van der Waals surface area contributed by atoms with E-state index in [0.29, 0.717) is 5.69 Å². The molecule has 0 radical (unpaired) electrons. The molecule has 1 heterocycles. The number of aliphatic carboxylic acids is 1. The monoisotopic (exact) mass is 262 g/mol. The van der Waals surface area contributed by atoms with Crippen LogP contribution in [0.1, 0.15) is 12.2 Å². The number of amides is 1. The number of aromatic amines is 1. The first-order chi connectivity index (χ1) is 8.95. The van der Waals surface area contributed by atoms with Crippen LogP contribution in [0.4, 0.5) is 5.69 Å². The first-order valence-corrected chi connectivity index (χ1v) is 5.70. The number of benzene rings is 1. The van der Waals surface area contributed by atoms with Gasteiger partial charge in [0.25, 0.3) is 0 Å². The third kappa shape index (κ3) is 3.08. The molecule has 0 saturated heterocycles. The first-order valence-electron chi connectivity index (χ1n) is 5.70. The van der Waals surface area contributed by atoms with Gasteiger partial charge in [-0.15, -0.1) is 0 Å². The van der Waals surface area contributed by atoms with E-state index in [-0.39, 0.29) is 0 Å². The second-order valence-electron chi connectivity index (χ2n) is 4.25. The lowest BCUT2D eigenvalue weighted by atomic mass is 10.2. The molecule has 0 fully saturated rings. The fourth-order valence-electron chi connectivity index (χ4n) is 1.73. The Hall–Kier alpha value is -2.41. The van der Waals surface area contributed by atoms with Gasteiger partial charge in [0.15, 0.2) is 0 Å². The Kier molecular flexibility index (Phi) is 3.48. The van der Waals surface area contributed by atoms with Gasteiger partial charge in [-0.1, -0.05) is 0 Å². The molecular formula is C12H14N4O3. The number of carboxylic acid groups (broad SMARTS) is 1. The minimum absolute atomic E-state index is 0.406. The number of nitrogens with zero attached hydrogens (tertiary/aromatic N) is 1. The predicted octanol–water partition coefficient (Wildman–Crippen LogP) is 0.612. The van der Waals surface area contributed by atoms with Crippen molar-refractivity contribution in [3.63, 3.8) is 0 Å². The molecule has 0 saturated carbocycles. The van der Waals surface area contributed by atoms with Crippen molar-refractivity contribution in [2.75, 3.05) is 5.32 Å². The van der Waals surface area contributed by atoms with Crippen LogP contribution in [0, 0.1) is 6.92 Å². The molecule has 2 rings (SSSR count).